The molecule has 0 bridgehead atoms. The van der Waals surface area contributed by atoms with Gasteiger partial charge in [-0.1, -0.05) is 6.92 Å². The maximum absolute atomic E-state index is 5.76. The van der Waals surface area contributed by atoms with Gasteiger partial charge in [-0.05, 0) is 18.0 Å². The highest BCUT2D eigenvalue weighted by atomic mass is 35.5. The van der Waals surface area contributed by atoms with Crippen LogP contribution in [0.5, 0.6) is 17.8 Å². The van der Waals surface area contributed by atoms with Crippen molar-refractivity contribution in [3.63, 3.8) is 0 Å². The average molecular weight is 270 g/mol. The van der Waals surface area contributed by atoms with E-state index in [4.69, 9.17) is 21.1 Å². The van der Waals surface area contributed by atoms with Crippen molar-refractivity contribution in [3.05, 3.63) is 17.7 Å². The summed E-state index contributed by atoms with van der Waals surface area (Å²) in [5.74, 6) is 0.515. The predicted octanol–water partition coefficient (Wildman–Crippen LogP) is 1.84. The van der Waals surface area contributed by atoms with Crippen LogP contribution in [-0.2, 0) is 7.05 Å². The third kappa shape index (κ3) is 3.30. The third-order valence-electron chi connectivity index (χ3n) is 1.89. The molecule has 0 spiro atoms. The maximum Gasteiger partial charge on any atom is 0.329 e. The second-order valence-electron chi connectivity index (χ2n) is 3.47. The highest BCUT2D eigenvalue weighted by Crippen LogP contribution is 2.19. The van der Waals surface area contributed by atoms with E-state index in [-0.39, 0.29) is 17.3 Å². The Balaban J connectivity index is 2.14. The van der Waals surface area contributed by atoms with E-state index in [9.17, 15) is 0 Å². The molecule has 0 aromatic carbocycles. The Morgan fingerprint density at radius 3 is 2.72 bits per heavy atom. The van der Waals surface area contributed by atoms with Gasteiger partial charge in [-0.2, -0.15) is 15.1 Å². The van der Waals surface area contributed by atoms with Gasteiger partial charge in [0.2, 0.25) is 5.28 Å². The molecule has 0 atom stereocenters. The molecule has 18 heavy (non-hydrogen) atoms. The number of aryl methyl sites for hydroxylation is 1. The summed E-state index contributed by atoms with van der Waals surface area (Å²) in [4.78, 5) is 11.7. The zero-order chi connectivity index (χ0) is 13.0. The van der Waals surface area contributed by atoms with Gasteiger partial charge in [-0.15, -0.1) is 4.98 Å². The van der Waals surface area contributed by atoms with Gasteiger partial charge in [0.15, 0.2) is 5.75 Å². The van der Waals surface area contributed by atoms with Gasteiger partial charge in [0.25, 0.3) is 0 Å². The molecule has 96 valence electrons. The molecule has 2 aromatic heterocycles. The molecule has 0 aliphatic carbocycles. The van der Waals surface area contributed by atoms with E-state index in [1.165, 1.54) is 0 Å². The average Bonchev–Trinajstić information content (AvgIpc) is 2.71. The normalized spacial score (nSPS) is 10.4. The number of aromatic nitrogens is 5. The van der Waals surface area contributed by atoms with Crippen LogP contribution in [0.3, 0.4) is 0 Å². The highest BCUT2D eigenvalue weighted by molar-refractivity contribution is 6.28. The highest BCUT2D eigenvalue weighted by Gasteiger charge is 2.09. The maximum atomic E-state index is 5.76. The minimum atomic E-state index is 0.0231. The van der Waals surface area contributed by atoms with Gasteiger partial charge in [-0.3, -0.25) is 4.68 Å². The molecule has 0 N–H and O–H groups in total. The largest absolute Gasteiger partial charge is 0.463 e. The summed E-state index contributed by atoms with van der Waals surface area (Å²) in [6, 6.07) is 0.227. The Bertz CT molecular complexity index is 531. The van der Waals surface area contributed by atoms with Crippen molar-refractivity contribution in [3.8, 4) is 17.8 Å². The summed E-state index contributed by atoms with van der Waals surface area (Å²) in [6.45, 7) is 2.49. The van der Waals surface area contributed by atoms with Crippen LogP contribution in [0, 0.1) is 0 Å². The van der Waals surface area contributed by atoms with E-state index in [0.717, 1.165) is 6.42 Å². The van der Waals surface area contributed by atoms with Crippen LogP contribution >= 0.6 is 11.6 Å². The standard InChI is InChI=1S/C10H12ClN5O2/c1-3-4-17-9-13-8(11)14-10(15-9)18-7-5-12-16(2)6-7/h5-6H,3-4H2,1-2H3. The first-order valence-electron chi connectivity index (χ1n) is 5.38. The Kier molecular flexibility index (Phi) is 3.93. The Hall–Kier alpha value is -1.89. The number of hydrogen-bond acceptors (Lipinski definition) is 6. The van der Waals surface area contributed by atoms with E-state index in [1.807, 2.05) is 6.92 Å². The lowest BCUT2D eigenvalue weighted by molar-refractivity contribution is 0.284. The Morgan fingerprint density at radius 1 is 1.28 bits per heavy atom. The second kappa shape index (κ2) is 5.63. The molecular formula is C10H12ClN5O2. The molecule has 2 aromatic rings. The second-order valence-corrected chi connectivity index (χ2v) is 3.81. The van der Waals surface area contributed by atoms with E-state index in [0.29, 0.717) is 12.4 Å². The Labute approximate surface area is 109 Å². The van der Waals surface area contributed by atoms with Crippen LogP contribution in [0.15, 0.2) is 12.4 Å². The number of rotatable bonds is 5. The van der Waals surface area contributed by atoms with E-state index in [1.54, 1.807) is 24.1 Å². The topological polar surface area (TPSA) is 75.0 Å². The molecule has 0 aliphatic heterocycles. The van der Waals surface area contributed by atoms with Crippen LogP contribution in [0.4, 0.5) is 0 Å². The predicted molar refractivity (Wildman–Crippen MR) is 63.9 cm³/mol. The van der Waals surface area contributed by atoms with Crippen molar-refractivity contribution >= 4 is 11.6 Å². The molecule has 0 saturated heterocycles. The fourth-order valence-electron chi connectivity index (χ4n) is 1.18. The molecule has 8 heteroatoms. The van der Waals surface area contributed by atoms with Crippen LogP contribution < -0.4 is 9.47 Å². The van der Waals surface area contributed by atoms with Gasteiger partial charge in [0.05, 0.1) is 19.0 Å². The molecular weight excluding hydrogens is 258 g/mol. The van der Waals surface area contributed by atoms with Gasteiger partial charge in [0.1, 0.15) is 0 Å². The summed E-state index contributed by atoms with van der Waals surface area (Å²) >= 11 is 5.76. The van der Waals surface area contributed by atoms with Crippen molar-refractivity contribution < 1.29 is 9.47 Å². The summed E-state index contributed by atoms with van der Waals surface area (Å²) in [5, 5.41) is 3.99. The van der Waals surface area contributed by atoms with Crippen molar-refractivity contribution in [2.24, 2.45) is 7.05 Å². The molecule has 0 fully saturated rings. The lowest BCUT2D eigenvalue weighted by Gasteiger charge is -2.04. The first kappa shape index (κ1) is 12.6. The summed E-state index contributed by atoms with van der Waals surface area (Å²) in [7, 11) is 1.78. The van der Waals surface area contributed by atoms with Crippen molar-refractivity contribution in [2.75, 3.05) is 6.61 Å². The quantitative estimate of drug-likeness (QED) is 0.824. The molecule has 2 rings (SSSR count). The lowest BCUT2D eigenvalue weighted by atomic mass is 10.5. The lowest BCUT2D eigenvalue weighted by Crippen LogP contribution is -2.02. The molecule has 0 amide bonds. The third-order valence-corrected chi connectivity index (χ3v) is 2.06. The van der Waals surface area contributed by atoms with Crippen LogP contribution in [0.1, 0.15) is 13.3 Å². The van der Waals surface area contributed by atoms with Gasteiger partial charge >= 0.3 is 12.0 Å². The van der Waals surface area contributed by atoms with Crippen LogP contribution in [0.2, 0.25) is 5.28 Å². The van der Waals surface area contributed by atoms with Crippen molar-refractivity contribution in [1.82, 2.24) is 24.7 Å². The SMILES string of the molecule is CCCOc1nc(Cl)nc(Oc2cnn(C)c2)n1. The summed E-state index contributed by atoms with van der Waals surface area (Å²) in [6.07, 6.45) is 4.08. The van der Waals surface area contributed by atoms with E-state index in [2.05, 4.69) is 20.1 Å². The van der Waals surface area contributed by atoms with Gasteiger partial charge in [-0.25, -0.2) is 0 Å². The zero-order valence-corrected chi connectivity index (χ0v) is 10.8. The first-order chi connectivity index (χ1) is 8.67. The fourth-order valence-corrected chi connectivity index (χ4v) is 1.32. The van der Waals surface area contributed by atoms with Crippen molar-refractivity contribution in [1.29, 1.82) is 0 Å². The van der Waals surface area contributed by atoms with Gasteiger partial charge < -0.3 is 9.47 Å². The monoisotopic (exact) mass is 269 g/mol. The van der Waals surface area contributed by atoms with Crippen LogP contribution in [-0.4, -0.2) is 31.3 Å². The molecule has 0 saturated carbocycles. The Morgan fingerprint density at radius 2 is 2.06 bits per heavy atom. The zero-order valence-electron chi connectivity index (χ0n) is 10.00. The summed E-state index contributed by atoms with van der Waals surface area (Å²) in [5.41, 5.74) is 0. The number of halogens is 1. The molecule has 0 radical (unpaired) electrons. The number of nitrogens with zero attached hydrogens (tertiary/aromatic N) is 5. The molecule has 0 aliphatic rings. The van der Waals surface area contributed by atoms with E-state index < -0.39 is 0 Å². The minimum Gasteiger partial charge on any atom is -0.463 e. The smallest absolute Gasteiger partial charge is 0.329 e. The number of ether oxygens (including phenoxy) is 2. The van der Waals surface area contributed by atoms with E-state index >= 15 is 0 Å². The van der Waals surface area contributed by atoms with Crippen molar-refractivity contribution in [2.45, 2.75) is 13.3 Å². The molecule has 2 heterocycles. The minimum absolute atomic E-state index is 0.0231. The fraction of sp³-hybridized carbons (Fsp3) is 0.400. The van der Waals surface area contributed by atoms with Gasteiger partial charge in [0, 0.05) is 7.05 Å². The summed E-state index contributed by atoms with van der Waals surface area (Å²) < 4.78 is 12.3. The van der Waals surface area contributed by atoms with Crippen LogP contribution in [0.25, 0.3) is 0 Å². The molecule has 7 nitrogen and oxygen atoms in total. The number of hydrogen-bond donors (Lipinski definition) is 0. The first-order valence-corrected chi connectivity index (χ1v) is 5.76. The molecule has 0 unspecified atom stereocenters.